The van der Waals surface area contributed by atoms with Crippen molar-refractivity contribution < 1.29 is 0 Å². The molecule has 5 heteroatoms. The van der Waals surface area contributed by atoms with Crippen molar-refractivity contribution in [2.24, 2.45) is 5.92 Å². The molecule has 1 N–H and O–H groups in total. The van der Waals surface area contributed by atoms with Gasteiger partial charge in [-0.2, -0.15) is 5.10 Å². The maximum Gasteiger partial charge on any atom is 0.140 e. The van der Waals surface area contributed by atoms with Crippen LogP contribution in [0.5, 0.6) is 0 Å². The Bertz CT molecular complexity index is 285. The van der Waals surface area contributed by atoms with Crippen LogP contribution in [0.2, 0.25) is 0 Å². The second-order valence-electron chi connectivity index (χ2n) is 3.88. The molecule has 86 valence electrons. The van der Waals surface area contributed by atoms with Gasteiger partial charge in [0, 0.05) is 17.0 Å². The highest BCUT2D eigenvalue weighted by Gasteiger charge is 2.12. The van der Waals surface area contributed by atoms with Crippen LogP contribution in [0, 0.1) is 5.92 Å². The molecule has 0 aromatic carbocycles. The quantitative estimate of drug-likeness (QED) is 0.642. The molecule has 0 aliphatic carbocycles. The van der Waals surface area contributed by atoms with Gasteiger partial charge in [-0.15, -0.1) is 0 Å². The lowest BCUT2D eigenvalue weighted by Crippen LogP contribution is -2.35. The third-order valence-electron chi connectivity index (χ3n) is 2.49. The average molecular weight is 322 g/mol. The third kappa shape index (κ3) is 3.71. The van der Waals surface area contributed by atoms with E-state index in [9.17, 15) is 0 Å². The standard InChI is InChI=1S/C10H19IN4/c1-4-15-10(13-7-14-15)6-12-9(5-11)8(2)3/h7-9,12H,4-6H2,1-3H3. The van der Waals surface area contributed by atoms with Gasteiger partial charge in [-0.25, -0.2) is 9.67 Å². The van der Waals surface area contributed by atoms with Gasteiger partial charge in [-0.1, -0.05) is 36.4 Å². The van der Waals surface area contributed by atoms with E-state index in [1.165, 1.54) is 0 Å². The maximum atomic E-state index is 4.24. The molecule has 1 heterocycles. The van der Waals surface area contributed by atoms with Crippen LogP contribution in [0.1, 0.15) is 26.6 Å². The van der Waals surface area contributed by atoms with Crippen molar-refractivity contribution in [2.45, 2.75) is 39.9 Å². The molecule has 0 aliphatic heterocycles. The Labute approximate surface area is 105 Å². The number of halogens is 1. The first-order valence-electron chi connectivity index (χ1n) is 5.35. The van der Waals surface area contributed by atoms with Crippen molar-refractivity contribution in [3.63, 3.8) is 0 Å². The minimum Gasteiger partial charge on any atom is -0.306 e. The predicted molar refractivity (Wildman–Crippen MR) is 70.0 cm³/mol. The zero-order valence-corrected chi connectivity index (χ0v) is 11.7. The zero-order valence-electron chi connectivity index (χ0n) is 9.57. The highest BCUT2D eigenvalue weighted by molar-refractivity contribution is 14.1. The SMILES string of the molecule is CCn1ncnc1CNC(CI)C(C)C. The first-order valence-corrected chi connectivity index (χ1v) is 6.87. The third-order valence-corrected chi connectivity index (χ3v) is 3.44. The molecular formula is C10H19IN4. The fraction of sp³-hybridized carbons (Fsp3) is 0.800. The Balaban J connectivity index is 2.48. The first kappa shape index (κ1) is 12.9. The molecule has 0 saturated carbocycles. The highest BCUT2D eigenvalue weighted by Crippen LogP contribution is 2.06. The van der Waals surface area contributed by atoms with Crippen molar-refractivity contribution in [1.29, 1.82) is 0 Å². The second-order valence-corrected chi connectivity index (χ2v) is 4.76. The van der Waals surface area contributed by atoms with E-state index >= 15 is 0 Å². The zero-order chi connectivity index (χ0) is 11.3. The largest absolute Gasteiger partial charge is 0.306 e. The van der Waals surface area contributed by atoms with E-state index in [0.29, 0.717) is 12.0 Å². The van der Waals surface area contributed by atoms with Crippen molar-refractivity contribution in [3.8, 4) is 0 Å². The number of aryl methyl sites for hydroxylation is 1. The Morgan fingerprint density at radius 3 is 2.80 bits per heavy atom. The summed E-state index contributed by atoms with van der Waals surface area (Å²) in [6, 6.07) is 0.549. The van der Waals surface area contributed by atoms with E-state index in [1.807, 2.05) is 4.68 Å². The van der Waals surface area contributed by atoms with Crippen molar-refractivity contribution in [3.05, 3.63) is 12.2 Å². The summed E-state index contributed by atoms with van der Waals surface area (Å²) in [5, 5.41) is 7.66. The van der Waals surface area contributed by atoms with Gasteiger partial charge in [0.15, 0.2) is 0 Å². The lowest BCUT2D eigenvalue weighted by Gasteiger charge is -2.19. The summed E-state index contributed by atoms with van der Waals surface area (Å²) in [5.74, 6) is 1.67. The van der Waals surface area contributed by atoms with Crippen molar-refractivity contribution in [2.75, 3.05) is 4.43 Å². The summed E-state index contributed by atoms with van der Waals surface area (Å²) >= 11 is 2.42. The van der Waals surface area contributed by atoms with Gasteiger partial charge in [0.2, 0.25) is 0 Å². The number of hydrogen-bond donors (Lipinski definition) is 1. The van der Waals surface area contributed by atoms with E-state index in [4.69, 9.17) is 0 Å². The fourth-order valence-electron chi connectivity index (χ4n) is 1.38. The molecule has 0 fully saturated rings. The smallest absolute Gasteiger partial charge is 0.140 e. The molecule has 0 bridgehead atoms. The number of alkyl halides is 1. The molecule has 0 amide bonds. The van der Waals surface area contributed by atoms with E-state index in [-0.39, 0.29) is 0 Å². The summed E-state index contributed by atoms with van der Waals surface area (Å²) in [6.07, 6.45) is 1.62. The van der Waals surface area contributed by atoms with Crippen LogP contribution in [-0.2, 0) is 13.1 Å². The van der Waals surface area contributed by atoms with E-state index < -0.39 is 0 Å². The maximum absolute atomic E-state index is 4.24. The van der Waals surface area contributed by atoms with Gasteiger partial charge in [-0.05, 0) is 12.8 Å². The summed E-state index contributed by atoms with van der Waals surface area (Å²) in [7, 11) is 0. The molecule has 1 aromatic rings. The fourth-order valence-corrected chi connectivity index (χ4v) is 2.71. The molecule has 1 atom stereocenters. The predicted octanol–water partition coefficient (Wildman–Crippen LogP) is 1.85. The number of nitrogens with zero attached hydrogens (tertiary/aromatic N) is 3. The minimum absolute atomic E-state index is 0.549. The molecule has 1 aromatic heterocycles. The Hall–Kier alpha value is -0.170. The molecule has 0 spiro atoms. The molecule has 1 unspecified atom stereocenters. The lowest BCUT2D eigenvalue weighted by atomic mass is 10.1. The Morgan fingerprint density at radius 2 is 2.27 bits per heavy atom. The number of hydrogen-bond acceptors (Lipinski definition) is 3. The van der Waals surface area contributed by atoms with Gasteiger partial charge in [0.05, 0.1) is 6.54 Å². The van der Waals surface area contributed by atoms with Crippen LogP contribution in [0.4, 0.5) is 0 Å². The molecular weight excluding hydrogens is 303 g/mol. The molecule has 1 rings (SSSR count). The Morgan fingerprint density at radius 1 is 1.53 bits per heavy atom. The van der Waals surface area contributed by atoms with Crippen LogP contribution < -0.4 is 5.32 Å². The number of rotatable bonds is 6. The molecule has 0 radical (unpaired) electrons. The normalized spacial score (nSPS) is 13.4. The number of aromatic nitrogens is 3. The van der Waals surface area contributed by atoms with Crippen molar-refractivity contribution in [1.82, 2.24) is 20.1 Å². The van der Waals surface area contributed by atoms with Crippen LogP contribution in [-0.4, -0.2) is 25.2 Å². The van der Waals surface area contributed by atoms with Gasteiger partial charge >= 0.3 is 0 Å². The van der Waals surface area contributed by atoms with Crippen molar-refractivity contribution >= 4 is 22.6 Å². The van der Waals surface area contributed by atoms with Gasteiger partial charge in [-0.3, -0.25) is 0 Å². The lowest BCUT2D eigenvalue weighted by molar-refractivity contribution is 0.423. The van der Waals surface area contributed by atoms with Crippen LogP contribution in [0.3, 0.4) is 0 Å². The van der Waals surface area contributed by atoms with Crippen LogP contribution >= 0.6 is 22.6 Å². The van der Waals surface area contributed by atoms with Gasteiger partial charge in [0.1, 0.15) is 12.2 Å². The van der Waals surface area contributed by atoms with E-state index in [2.05, 4.69) is 58.8 Å². The minimum atomic E-state index is 0.549. The van der Waals surface area contributed by atoms with E-state index in [0.717, 1.165) is 23.3 Å². The molecule has 0 saturated heterocycles. The van der Waals surface area contributed by atoms with Gasteiger partial charge in [0.25, 0.3) is 0 Å². The summed E-state index contributed by atoms with van der Waals surface area (Å²) in [6.45, 7) is 8.24. The van der Waals surface area contributed by atoms with Crippen LogP contribution in [0.25, 0.3) is 0 Å². The highest BCUT2D eigenvalue weighted by atomic mass is 127. The van der Waals surface area contributed by atoms with Gasteiger partial charge < -0.3 is 5.32 Å². The second kappa shape index (κ2) is 6.42. The molecule has 4 nitrogen and oxygen atoms in total. The first-order chi connectivity index (χ1) is 7.19. The topological polar surface area (TPSA) is 42.7 Å². The molecule has 0 aliphatic rings. The average Bonchev–Trinajstić information content (AvgIpc) is 2.65. The molecule has 15 heavy (non-hydrogen) atoms. The summed E-state index contributed by atoms with van der Waals surface area (Å²) in [4.78, 5) is 4.24. The van der Waals surface area contributed by atoms with E-state index in [1.54, 1.807) is 6.33 Å². The summed E-state index contributed by atoms with van der Waals surface area (Å²) < 4.78 is 3.05. The summed E-state index contributed by atoms with van der Waals surface area (Å²) in [5.41, 5.74) is 0. The Kier molecular flexibility index (Phi) is 5.52. The monoisotopic (exact) mass is 322 g/mol. The number of nitrogens with one attached hydrogen (secondary N) is 1. The van der Waals surface area contributed by atoms with Crippen LogP contribution in [0.15, 0.2) is 6.33 Å².